The fourth-order valence-electron chi connectivity index (χ4n) is 2.02. The van der Waals surface area contributed by atoms with Crippen LogP contribution in [0.15, 0.2) is 18.2 Å². The third kappa shape index (κ3) is 1.38. The van der Waals surface area contributed by atoms with Crippen LogP contribution in [-0.2, 0) is 6.42 Å². The van der Waals surface area contributed by atoms with Crippen molar-refractivity contribution in [3.8, 4) is 5.75 Å². The lowest BCUT2D eigenvalue weighted by molar-refractivity contribution is 0.130. The lowest BCUT2D eigenvalue weighted by Gasteiger charge is -2.28. The Morgan fingerprint density at radius 1 is 1.50 bits per heavy atom. The van der Waals surface area contributed by atoms with Gasteiger partial charge in [-0.15, -0.1) is 0 Å². The van der Waals surface area contributed by atoms with Gasteiger partial charge in [0.1, 0.15) is 5.75 Å². The summed E-state index contributed by atoms with van der Waals surface area (Å²) in [7, 11) is 1.61. The van der Waals surface area contributed by atoms with E-state index in [0.29, 0.717) is 0 Å². The average molecular weight is 193 g/mol. The second kappa shape index (κ2) is 3.59. The van der Waals surface area contributed by atoms with Crippen LogP contribution in [0.5, 0.6) is 5.75 Å². The van der Waals surface area contributed by atoms with E-state index in [-0.39, 0.29) is 6.04 Å². The zero-order valence-corrected chi connectivity index (χ0v) is 8.23. The van der Waals surface area contributed by atoms with E-state index in [9.17, 15) is 5.11 Å². The molecule has 3 N–H and O–H groups in total. The van der Waals surface area contributed by atoms with Crippen molar-refractivity contribution in [2.24, 2.45) is 5.73 Å². The van der Waals surface area contributed by atoms with Crippen molar-refractivity contribution in [1.29, 1.82) is 0 Å². The molecule has 3 heteroatoms. The summed E-state index contributed by atoms with van der Waals surface area (Å²) in [5, 5.41) is 9.94. The number of aliphatic hydroxyl groups excluding tert-OH is 1. The van der Waals surface area contributed by atoms with Gasteiger partial charge in [-0.1, -0.05) is 12.1 Å². The number of aryl methyl sites for hydroxylation is 1. The normalized spacial score (nSPS) is 25.6. The molecule has 14 heavy (non-hydrogen) atoms. The number of aliphatic hydroxyl groups is 1. The van der Waals surface area contributed by atoms with Crippen LogP contribution in [0.1, 0.15) is 23.7 Å². The highest BCUT2D eigenvalue weighted by Gasteiger charge is 2.27. The number of hydrogen-bond acceptors (Lipinski definition) is 3. The van der Waals surface area contributed by atoms with Gasteiger partial charge < -0.3 is 15.6 Å². The van der Waals surface area contributed by atoms with E-state index in [1.165, 1.54) is 0 Å². The molecule has 0 amide bonds. The molecule has 0 saturated heterocycles. The molecule has 0 fully saturated rings. The van der Waals surface area contributed by atoms with E-state index < -0.39 is 6.10 Å². The van der Waals surface area contributed by atoms with E-state index in [1.807, 2.05) is 18.2 Å². The topological polar surface area (TPSA) is 55.5 Å². The molecule has 0 bridgehead atoms. The standard InChI is InChI=1S/C11H15NO2/c1-14-9-4-2-3-7-5-6-8(12)11(13)10(7)9/h2-4,8,11,13H,5-6,12H2,1H3/t8-,11+/m1/s1. The summed E-state index contributed by atoms with van der Waals surface area (Å²) < 4.78 is 5.22. The quantitative estimate of drug-likeness (QED) is 0.699. The zero-order valence-electron chi connectivity index (χ0n) is 8.23. The maximum atomic E-state index is 9.94. The first-order chi connectivity index (χ1) is 6.74. The molecule has 1 aromatic carbocycles. The number of benzene rings is 1. The first-order valence-corrected chi connectivity index (χ1v) is 4.83. The molecule has 0 unspecified atom stereocenters. The second-order valence-electron chi connectivity index (χ2n) is 3.68. The van der Waals surface area contributed by atoms with Gasteiger partial charge in [0.05, 0.1) is 13.2 Å². The maximum Gasteiger partial charge on any atom is 0.124 e. The van der Waals surface area contributed by atoms with Crippen LogP contribution < -0.4 is 10.5 Å². The SMILES string of the molecule is COc1cccc2c1[C@@H](O)[C@H](N)CC2. The molecule has 2 atom stereocenters. The first kappa shape index (κ1) is 9.49. The zero-order chi connectivity index (χ0) is 10.1. The Hall–Kier alpha value is -1.06. The van der Waals surface area contributed by atoms with Gasteiger partial charge in [-0.05, 0) is 24.5 Å². The van der Waals surface area contributed by atoms with Crippen LogP contribution in [0.25, 0.3) is 0 Å². The van der Waals surface area contributed by atoms with Gasteiger partial charge in [-0.2, -0.15) is 0 Å². The predicted octanol–water partition coefficient (Wildman–Crippen LogP) is 1.00. The monoisotopic (exact) mass is 193 g/mol. The van der Waals surface area contributed by atoms with Crippen molar-refractivity contribution in [2.75, 3.05) is 7.11 Å². The number of nitrogens with two attached hydrogens (primary N) is 1. The summed E-state index contributed by atoms with van der Waals surface area (Å²) in [6, 6.07) is 5.66. The maximum absolute atomic E-state index is 9.94. The smallest absolute Gasteiger partial charge is 0.124 e. The Labute approximate surface area is 83.5 Å². The van der Waals surface area contributed by atoms with Crippen molar-refractivity contribution in [2.45, 2.75) is 25.0 Å². The summed E-state index contributed by atoms with van der Waals surface area (Å²) in [4.78, 5) is 0. The Morgan fingerprint density at radius 2 is 2.29 bits per heavy atom. The van der Waals surface area contributed by atoms with E-state index in [0.717, 1.165) is 29.7 Å². The Bertz CT molecular complexity index is 324. The van der Waals surface area contributed by atoms with Crippen molar-refractivity contribution in [1.82, 2.24) is 0 Å². The number of ether oxygens (including phenoxy) is 1. The van der Waals surface area contributed by atoms with Gasteiger partial charge in [-0.25, -0.2) is 0 Å². The minimum Gasteiger partial charge on any atom is -0.496 e. The molecule has 2 rings (SSSR count). The van der Waals surface area contributed by atoms with Crippen molar-refractivity contribution < 1.29 is 9.84 Å². The molecule has 0 saturated carbocycles. The lowest BCUT2D eigenvalue weighted by atomic mass is 9.86. The summed E-state index contributed by atoms with van der Waals surface area (Å²) in [5.41, 5.74) is 7.83. The Morgan fingerprint density at radius 3 is 3.00 bits per heavy atom. The van der Waals surface area contributed by atoms with Crippen LogP contribution in [0.2, 0.25) is 0 Å². The number of rotatable bonds is 1. The number of fused-ring (bicyclic) bond motifs is 1. The van der Waals surface area contributed by atoms with Crippen LogP contribution in [0, 0.1) is 0 Å². The fourth-order valence-corrected chi connectivity index (χ4v) is 2.02. The summed E-state index contributed by atoms with van der Waals surface area (Å²) in [6.45, 7) is 0. The Kier molecular flexibility index (Phi) is 2.44. The van der Waals surface area contributed by atoms with Crippen molar-refractivity contribution in [3.05, 3.63) is 29.3 Å². The van der Waals surface area contributed by atoms with Gasteiger partial charge >= 0.3 is 0 Å². The first-order valence-electron chi connectivity index (χ1n) is 4.83. The Balaban J connectivity index is 2.49. The predicted molar refractivity (Wildman–Crippen MR) is 54.3 cm³/mol. The van der Waals surface area contributed by atoms with Gasteiger partial charge in [0.15, 0.2) is 0 Å². The van der Waals surface area contributed by atoms with Gasteiger partial charge in [-0.3, -0.25) is 0 Å². The van der Waals surface area contributed by atoms with E-state index >= 15 is 0 Å². The largest absolute Gasteiger partial charge is 0.496 e. The molecule has 0 aliphatic heterocycles. The van der Waals surface area contributed by atoms with E-state index in [2.05, 4.69) is 0 Å². The molecule has 0 aromatic heterocycles. The fraction of sp³-hybridized carbons (Fsp3) is 0.455. The molecule has 0 heterocycles. The summed E-state index contributed by atoms with van der Waals surface area (Å²) in [5.74, 6) is 0.741. The highest BCUT2D eigenvalue weighted by atomic mass is 16.5. The molecule has 1 aliphatic carbocycles. The molecule has 1 aliphatic rings. The molecule has 3 nitrogen and oxygen atoms in total. The van der Waals surface area contributed by atoms with E-state index in [1.54, 1.807) is 7.11 Å². The summed E-state index contributed by atoms with van der Waals surface area (Å²) >= 11 is 0. The van der Waals surface area contributed by atoms with Crippen LogP contribution >= 0.6 is 0 Å². The molecule has 0 spiro atoms. The van der Waals surface area contributed by atoms with Gasteiger partial charge in [0.2, 0.25) is 0 Å². The molecule has 0 radical (unpaired) electrons. The van der Waals surface area contributed by atoms with Crippen molar-refractivity contribution in [3.63, 3.8) is 0 Å². The van der Waals surface area contributed by atoms with E-state index in [4.69, 9.17) is 10.5 Å². The highest BCUT2D eigenvalue weighted by molar-refractivity contribution is 5.44. The lowest BCUT2D eigenvalue weighted by Crippen LogP contribution is -2.33. The van der Waals surface area contributed by atoms with Crippen molar-refractivity contribution >= 4 is 0 Å². The summed E-state index contributed by atoms with van der Waals surface area (Å²) in [6.07, 6.45) is 1.17. The second-order valence-corrected chi connectivity index (χ2v) is 3.68. The third-order valence-electron chi connectivity index (χ3n) is 2.82. The minimum absolute atomic E-state index is 0.168. The highest BCUT2D eigenvalue weighted by Crippen LogP contribution is 2.35. The molecule has 76 valence electrons. The molecular formula is C11H15NO2. The van der Waals surface area contributed by atoms with Gasteiger partial charge in [0.25, 0.3) is 0 Å². The molecular weight excluding hydrogens is 178 g/mol. The van der Waals surface area contributed by atoms with Gasteiger partial charge in [0, 0.05) is 11.6 Å². The molecule has 1 aromatic rings. The van der Waals surface area contributed by atoms with Crippen LogP contribution in [0.4, 0.5) is 0 Å². The van der Waals surface area contributed by atoms with Crippen LogP contribution in [0.3, 0.4) is 0 Å². The third-order valence-corrected chi connectivity index (χ3v) is 2.82. The van der Waals surface area contributed by atoms with Crippen LogP contribution in [-0.4, -0.2) is 18.3 Å². The number of methoxy groups -OCH3 is 1. The average Bonchev–Trinajstić information content (AvgIpc) is 2.23. The minimum atomic E-state index is -0.588. The number of hydrogen-bond donors (Lipinski definition) is 2.